The predicted octanol–water partition coefficient (Wildman–Crippen LogP) is 4.49. The molecule has 1 aromatic rings. The van der Waals surface area contributed by atoms with Gasteiger partial charge in [0.05, 0.1) is 0 Å². The maximum absolute atomic E-state index is 6.03. The fourth-order valence-electron chi connectivity index (χ4n) is 4.10. The summed E-state index contributed by atoms with van der Waals surface area (Å²) in [5, 5.41) is 0.778. The van der Waals surface area contributed by atoms with Crippen LogP contribution in [0.4, 0.5) is 0 Å². The molecule has 1 fully saturated rings. The van der Waals surface area contributed by atoms with Gasteiger partial charge in [0.15, 0.2) is 0 Å². The number of fused-ring (bicyclic) bond motifs is 1. The smallest absolute Gasteiger partial charge is 0.0138 e. The highest BCUT2D eigenvalue weighted by atomic mass is 32.2. The Morgan fingerprint density at radius 2 is 2.05 bits per heavy atom. The summed E-state index contributed by atoms with van der Waals surface area (Å²) in [4.78, 5) is 1.51. The van der Waals surface area contributed by atoms with Gasteiger partial charge in [-0.15, -0.1) is 11.8 Å². The second-order valence-corrected chi connectivity index (χ2v) is 8.79. The van der Waals surface area contributed by atoms with E-state index >= 15 is 0 Å². The molecule has 1 aliphatic carbocycles. The quantitative estimate of drug-likeness (QED) is 0.887. The summed E-state index contributed by atoms with van der Waals surface area (Å²) in [6.07, 6.45) is 6.66. The van der Waals surface area contributed by atoms with E-state index < -0.39 is 0 Å². The summed E-state index contributed by atoms with van der Waals surface area (Å²) >= 11 is 2.10. The number of thioether (sulfide) groups is 1. The van der Waals surface area contributed by atoms with E-state index in [-0.39, 0.29) is 0 Å². The van der Waals surface area contributed by atoms with Gasteiger partial charge in [-0.3, -0.25) is 0 Å². The average molecular weight is 289 g/mol. The van der Waals surface area contributed by atoms with E-state index in [1.54, 1.807) is 5.56 Å². The molecule has 1 nitrogen and oxygen atoms in total. The molecular weight excluding hydrogens is 262 g/mol. The molecular formula is C18H27NS. The topological polar surface area (TPSA) is 26.0 Å². The van der Waals surface area contributed by atoms with Crippen molar-refractivity contribution < 1.29 is 0 Å². The summed E-state index contributed by atoms with van der Waals surface area (Å²) in [7, 11) is 0. The van der Waals surface area contributed by atoms with Gasteiger partial charge in [0.2, 0.25) is 0 Å². The van der Waals surface area contributed by atoms with E-state index in [2.05, 4.69) is 49.9 Å². The van der Waals surface area contributed by atoms with E-state index in [1.165, 1.54) is 37.0 Å². The van der Waals surface area contributed by atoms with E-state index in [9.17, 15) is 0 Å². The molecule has 0 saturated heterocycles. The van der Waals surface area contributed by atoms with Crippen molar-refractivity contribution in [3.8, 4) is 0 Å². The van der Waals surface area contributed by atoms with Crippen molar-refractivity contribution >= 4 is 11.8 Å². The second-order valence-electron chi connectivity index (χ2n) is 7.45. The van der Waals surface area contributed by atoms with Gasteiger partial charge in [-0.05, 0) is 67.5 Å². The maximum Gasteiger partial charge on any atom is 0.0138 e. The van der Waals surface area contributed by atoms with Crippen LogP contribution in [-0.4, -0.2) is 11.8 Å². The first-order valence-corrected chi connectivity index (χ1v) is 8.90. The molecule has 2 heteroatoms. The van der Waals surface area contributed by atoms with Crippen LogP contribution < -0.4 is 5.73 Å². The first-order chi connectivity index (χ1) is 9.57. The van der Waals surface area contributed by atoms with Gasteiger partial charge in [-0.25, -0.2) is 0 Å². The SMILES string of the molecule is CC1(C)CCC(CN)C(CC2Cc3ccccc3S2)C1. The van der Waals surface area contributed by atoms with Crippen molar-refractivity contribution in [1.82, 2.24) is 0 Å². The van der Waals surface area contributed by atoms with Crippen molar-refractivity contribution in [2.45, 2.75) is 56.1 Å². The Kier molecular flexibility index (Phi) is 4.14. The van der Waals surface area contributed by atoms with Crippen molar-refractivity contribution in [3.63, 3.8) is 0 Å². The van der Waals surface area contributed by atoms with Crippen molar-refractivity contribution in [2.75, 3.05) is 6.54 Å². The zero-order valence-corrected chi connectivity index (χ0v) is 13.6. The lowest BCUT2D eigenvalue weighted by atomic mass is 9.66. The van der Waals surface area contributed by atoms with Crippen LogP contribution in [0.3, 0.4) is 0 Å². The number of benzene rings is 1. The molecule has 2 aliphatic rings. The molecule has 1 heterocycles. The standard InChI is InChI=1S/C18H27NS/c1-18(2)8-7-14(12-19)15(11-18)10-16-9-13-5-3-4-6-17(13)20-16/h3-6,14-16H,7-12,19H2,1-2H3. The highest BCUT2D eigenvalue weighted by molar-refractivity contribution is 8.00. The van der Waals surface area contributed by atoms with Crippen molar-refractivity contribution in [2.24, 2.45) is 23.0 Å². The van der Waals surface area contributed by atoms with Gasteiger partial charge in [-0.2, -0.15) is 0 Å². The third-order valence-electron chi connectivity index (χ3n) is 5.26. The molecule has 20 heavy (non-hydrogen) atoms. The molecule has 3 rings (SSSR count). The van der Waals surface area contributed by atoms with Gasteiger partial charge in [0, 0.05) is 10.1 Å². The van der Waals surface area contributed by atoms with Gasteiger partial charge < -0.3 is 5.73 Å². The van der Waals surface area contributed by atoms with Crippen LogP contribution in [0, 0.1) is 17.3 Å². The summed E-state index contributed by atoms with van der Waals surface area (Å²) in [6, 6.07) is 8.92. The normalized spacial score (nSPS) is 32.0. The molecule has 1 aliphatic heterocycles. The number of rotatable bonds is 3. The van der Waals surface area contributed by atoms with E-state index in [4.69, 9.17) is 5.73 Å². The fraction of sp³-hybridized carbons (Fsp3) is 0.667. The van der Waals surface area contributed by atoms with Crippen LogP contribution in [0.2, 0.25) is 0 Å². The summed E-state index contributed by atoms with van der Waals surface area (Å²) in [5.41, 5.74) is 8.11. The summed E-state index contributed by atoms with van der Waals surface area (Å²) in [5.74, 6) is 1.59. The molecule has 2 N–H and O–H groups in total. The van der Waals surface area contributed by atoms with Crippen LogP contribution in [-0.2, 0) is 6.42 Å². The summed E-state index contributed by atoms with van der Waals surface area (Å²) in [6.45, 7) is 5.75. The van der Waals surface area contributed by atoms with Crippen molar-refractivity contribution in [3.05, 3.63) is 29.8 Å². The summed E-state index contributed by atoms with van der Waals surface area (Å²) < 4.78 is 0. The minimum atomic E-state index is 0.520. The molecule has 0 radical (unpaired) electrons. The van der Waals surface area contributed by atoms with Gasteiger partial charge in [-0.1, -0.05) is 32.0 Å². The Balaban J connectivity index is 1.65. The van der Waals surface area contributed by atoms with Crippen LogP contribution in [0.25, 0.3) is 0 Å². The van der Waals surface area contributed by atoms with Crippen LogP contribution in [0.15, 0.2) is 29.2 Å². The average Bonchev–Trinajstić information content (AvgIpc) is 2.80. The monoisotopic (exact) mass is 289 g/mol. The van der Waals surface area contributed by atoms with Gasteiger partial charge in [0.25, 0.3) is 0 Å². The molecule has 1 saturated carbocycles. The predicted molar refractivity (Wildman–Crippen MR) is 88.1 cm³/mol. The Morgan fingerprint density at radius 1 is 1.25 bits per heavy atom. The van der Waals surface area contributed by atoms with Crippen LogP contribution >= 0.6 is 11.8 Å². The second kappa shape index (κ2) is 5.73. The van der Waals surface area contributed by atoms with E-state index in [1.807, 2.05) is 0 Å². The molecule has 110 valence electrons. The Labute approximate surface area is 127 Å². The minimum absolute atomic E-state index is 0.520. The van der Waals surface area contributed by atoms with Gasteiger partial charge in [0.1, 0.15) is 0 Å². The zero-order chi connectivity index (χ0) is 14.2. The Bertz CT molecular complexity index is 443. The molecule has 0 spiro atoms. The number of nitrogens with two attached hydrogens (primary N) is 1. The van der Waals surface area contributed by atoms with E-state index in [0.29, 0.717) is 5.41 Å². The highest BCUT2D eigenvalue weighted by Gasteiger charge is 2.36. The zero-order valence-electron chi connectivity index (χ0n) is 12.8. The number of hydrogen-bond acceptors (Lipinski definition) is 2. The maximum atomic E-state index is 6.03. The first-order valence-electron chi connectivity index (χ1n) is 8.02. The van der Waals surface area contributed by atoms with Crippen LogP contribution in [0.1, 0.15) is 45.1 Å². The highest BCUT2D eigenvalue weighted by Crippen LogP contribution is 2.47. The molecule has 0 amide bonds. The number of hydrogen-bond donors (Lipinski definition) is 1. The Hall–Kier alpha value is -0.470. The first kappa shape index (κ1) is 14.5. The minimum Gasteiger partial charge on any atom is -0.330 e. The van der Waals surface area contributed by atoms with Gasteiger partial charge >= 0.3 is 0 Å². The Morgan fingerprint density at radius 3 is 2.80 bits per heavy atom. The molecule has 3 unspecified atom stereocenters. The molecule has 1 aromatic carbocycles. The largest absolute Gasteiger partial charge is 0.330 e. The van der Waals surface area contributed by atoms with E-state index in [0.717, 1.165) is 23.6 Å². The molecule has 3 atom stereocenters. The lowest BCUT2D eigenvalue weighted by molar-refractivity contribution is 0.115. The lowest BCUT2D eigenvalue weighted by Crippen LogP contribution is -2.35. The fourth-order valence-corrected chi connectivity index (χ4v) is 5.52. The molecule has 0 bridgehead atoms. The molecule has 0 aromatic heterocycles. The van der Waals surface area contributed by atoms with Crippen molar-refractivity contribution in [1.29, 1.82) is 0 Å². The van der Waals surface area contributed by atoms with Crippen LogP contribution in [0.5, 0.6) is 0 Å². The lowest BCUT2D eigenvalue weighted by Gasteiger charge is -2.41. The third kappa shape index (κ3) is 3.07. The third-order valence-corrected chi connectivity index (χ3v) is 6.60.